The van der Waals surface area contributed by atoms with Crippen LogP contribution in [0.15, 0.2) is 64.9 Å². The van der Waals surface area contributed by atoms with Crippen molar-refractivity contribution in [3.05, 3.63) is 77.4 Å². The Kier molecular flexibility index (Phi) is 9.44. The second kappa shape index (κ2) is 12.6. The van der Waals surface area contributed by atoms with Crippen molar-refractivity contribution in [2.75, 3.05) is 26.2 Å². The number of nitrogens with zero attached hydrogens (tertiary/aromatic N) is 2. The number of carbonyl (C=O) groups is 1. The predicted molar refractivity (Wildman–Crippen MR) is 144 cm³/mol. The summed E-state index contributed by atoms with van der Waals surface area (Å²) in [5.74, 6) is -2.76. The van der Waals surface area contributed by atoms with Gasteiger partial charge in [-0.15, -0.1) is 11.3 Å². The molecule has 1 saturated heterocycles. The lowest BCUT2D eigenvalue weighted by atomic mass is 10.1. The molecule has 0 unspecified atom stereocenters. The van der Waals surface area contributed by atoms with E-state index in [2.05, 4.69) is 63.1 Å². The summed E-state index contributed by atoms with van der Waals surface area (Å²) in [7, 11) is -3.45. The molecule has 5 rings (SSSR count). The van der Waals surface area contributed by atoms with Gasteiger partial charge in [0.1, 0.15) is 4.21 Å². The topological polar surface area (TPSA) is 89.9 Å². The minimum atomic E-state index is -5.08. The summed E-state index contributed by atoms with van der Waals surface area (Å²) in [6, 6.07) is 20.8. The SMILES string of the molecule is O=C(O)C(F)(F)F.O=S(=O)(NCCN1CCCC1)c1ccc(-c2ccc(CN3Cc4ccccc4C3)cc2)s1. The van der Waals surface area contributed by atoms with Crippen LogP contribution in [0.25, 0.3) is 10.4 Å². The zero-order valence-electron chi connectivity index (χ0n) is 21.2. The van der Waals surface area contributed by atoms with E-state index in [0.29, 0.717) is 10.8 Å². The molecule has 0 spiro atoms. The minimum Gasteiger partial charge on any atom is -0.475 e. The zero-order chi connectivity index (χ0) is 28.0. The standard InChI is InChI=1S/C25H29N3O2S2.C2HF3O2/c29-32(30,26-13-16-27-14-3-4-15-27)25-12-11-24(31-25)21-9-7-20(8-10-21)17-28-18-22-5-1-2-6-23(22)19-28;3-2(4,5)1(6)7/h1-2,5-12,26H,3-4,13-19H2;(H,6,7). The molecule has 39 heavy (non-hydrogen) atoms. The number of benzene rings is 2. The van der Waals surface area contributed by atoms with Gasteiger partial charge in [0, 0.05) is 37.6 Å². The maximum atomic E-state index is 12.7. The Morgan fingerprint density at radius 3 is 2.08 bits per heavy atom. The number of carboxylic acid groups (broad SMARTS) is 1. The highest BCUT2D eigenvalue weighted by atomic mass is 32.2. The Balaban J connectivity index is 0.000000448. The van der Waals surface area contributed by atoms with Crippen LogP contribution in [0.4, 0.5) is 13.2 Å². The monoisotopic (exact) mass is 581 g/mol. The van der Waals surface area contributed by atoms with Crippen molar-refractivity contribution in [1.29, 1.82) is 0 Å². The van der Waals surface area contributed by atoms with E-state index in [-0.39, 0.29) is 0 Å². The maximum Gasteiger partial charge on any atom is 0.490 e. The van der Waals surface area contributed by atoms with Gasteiger partial charge in [-0.05, 0) is 60.3 Å². The molecule has 2 N–H and O–H groups in total. The highest BCUT2D eigenvalue weighted by Crippen LogP contribution is 2.31. The van der Waals surface area contributed by atoms with Crippen LogP contribution >= 0.6 is 11.3 Å². The Hall–Kier alpha value is -2.77. The predicted octanol–water partition coefficient (Wildman–Crippen LogP) is 4.94. The lowest BCUT2D eigenvalue weighted by molar-refractivity contribution is -0.192. The number of aliphatic carboxylic acids is 1. The molecule has 7 nitrogen and oxygen atoms in total. The van der Waals surface area contributed by atoms with Crippen molar-refractivity contribution >= 4 is 27.3 Å². The number of alkyl halides is 3. The van der Waals surface area contributed by atoms with Crippen molar-refractivity contribution in [3.63, 3.8) is 0 Å². The first-order chi connectivity index (χ1) is 18.5. The van der Waals surface area contributed by atoms with Crippen molar-refractivity contribution < 1.29 is 31.5 Å². The first-order valence-electron chi connectivity index (χ1n) is 12.5. The first-order valence-corrected chi connectivity index (χ1v) is 14.8. The fraction of sp³-hybridized carbons (Fsp3) is 0.370. The average Bonchev–Trinajstić information content (AvgIpc) is 3.65. The van der Waals surface area contributed by atoms with Gasteiger partial charge in [0.15, 0.2) is 0 Å². The van der Waals surface area contributed by atoms with E-state index < -0.39 is 22.2 Å². The van der Waals surface area contributed by atoms with Crippen LogP contribution < -0.4 is 4.72 Å². The lowest BCUT2D eigenvalue weighted by Crippen LogP contribution is -2.33. The minimum absolute atomic E-state index is 0.382. The van der Waals surface area contributed by atoms with Crippen molar-refractivity contribution in [2.45, 2.75) is 42.9 Å². The summed E-state index contributed by atoms with van der Waals surface area (Å²) >= 11 is 1.33. The Morgan fingerprint density at radius 1 is 0.923 bits per heavy atom. The van der Waals surface area contributed by atoms with Crippen LogP contribution in [-0.2, 0) is 34.5 Å². The summed E-state index contributed by atoms with van der Waals surface area (Å²) in [4.78, 5) is 14.6. The number of nitrogens with one attached hydrogen (secondary N) is 1. The van der Waals surface area contributed by atoms with Gasteiger partial charge in [0.25, 0.3) is 0 Å². The molecule has 0 radical (unpaired) electrons. The molecule has 2 aromatic carbocycles. The fourth-order valence-electron chi connectivity index (χ4n) is 4.58. The fourth-order valence-corrected chi connectivity index (χ4v) is 6.96. The number of carboxylic acids is 1. The molecule has 0 aliphatic carbocycles. The molecule has 210 valence electrons. The van der Waals surface area contributed by atoms with Crippen LogP contribution in [0, 0.1) is 0 Å². The number of hydrogen-bond acceptors (Lipinski definition) is 6. The number of halogens is 3. The summed E-state index contributed by atoms with van der Waals surface area (Å²) in [6.07, 6.45) is -2.66. The first kappa shape index (κ1) is 29.2. The quantitative estimate of drug-likeness (QED) is 0.392. The molecule has 3 heterocycles. The summed E-state index contributed by atoms with van der Waals surface area (Å²) in [6.45, 7) is 6.30. The molecule has 12 heteroatoms. The van der Waals surface area contributed by atoms with Crippen LogP contribution in [0.1, 0.15) is 29.5 Å². The number of rotatable bonds is 8. The summed E-state index contributed by atoms with van der Waals surface area (Å²) in [5, 5.41) is 7.12. The van der Waals surface area contributed by atoms with Crippen molar-refractivity contribution in [3.8, 4) is 10.4 Å². The maximum absolute atomic E-state index is 12.7. The van der Waals surface area contributed by atoms with Gasteiger partial charge in [0.05, 0.1) is 0 Å². The van der Waals surface area contributed by atoms with Gasteiger partial charge in [0.2, 0.25) is 10.0 Å². The molecule has 0 bridgehead atoms. The van der Waals surface area contributed by atoms with Crippen LogP contribution in [0.5, 0.6) is 0 Å². The van der Waals surface area contributed by atoms with Crippen LogP contribution in [0.2, 0.25) is 0 Å². The van der Waals surface area contributed by atoms with Gasteiger partial charge in [-0.3, -0.25) is 4.90 Å². The van der Waals surface area contributed by atoms with Crippen LogP contribution in [0.3, 0.4) is 0 Å². The van der Waals surface area contributed by atoms with E-state index in [4.69, 9.17) is 9.90 Å². The largest absolute Gasteiger partial charge is 0.490 e. The smallest absolute Gasteiger partial charge is 0.475 e. The molecular formula is C27H30F3N3O4S2. The van der Waals surface area contributed by atoms with Crippen molar-refractivity contribution in [2.24, 2.45) is 0 Å². The molecule has 3 aromatic rings. The molecule has 2 aliphatic rings. The summed E-state index contributed by atoms with van der Waals surface area (Å²) in [5.41, 5.74) is 5.17. The number of fused-ring (bicyclic) bond motifs is 1. The van der Waals surface area contributed by atoms with E-state index in [1.165, 1.54) is 40.9 Å². The highest BCUT2D eigenvalue weighted by Gasteiger charge is 2.38. The van der Waals surface area contributed by atoms with E-state index in [1.54, 1.807) is 6.07 Å². The number of hydrogen-bond donors (Lipinski definition) is 2. The Labute approximate surface area is 229 Å². The third-order valence-electron chi connectivity index (χ3n) is 6.56. The molecule has 1 aromatic heterocycles. The molecule has 0 saturated carbocycles. The normalized spacial score (nSPS) is 16.1. The van der Waals surface area contributed by atoms with Gasteiger partial charge >= 0.3 is 12.1 Å². The van der Waals surface area contributed by atoms with Gasteiger partial charge in [-0.1, -0.05) is 48.5 Å². The van der Waals surface area contributed by atoms with E-state index in [1.807, 2.05) is 6.07 Å². The molecular weight excluding hydrogens is 551 g/mol. The number of thiophene rings is 1. The molecule has 0 atom stereocenters. The van der Waals surface area contributed by atoms with Crippen molar-refractivity contribution in [1.82, 2.24) is 14.5 Å². The van der Waals surface area contributed by atoms with Gasteiger partial charge in [-0.25, -0.2) is 17.9 Å². The summed E-state index contributed by atoms with van der Waals surface area (Å²) < 4.78 is 60.2. The van der Waals surface area contributed by atoms with E-state index in [9.17, 15) is 21.6 Å². The highest BCUT2D eigenvalue weighted by molar-refractivity contribution is 7.91. The zero-order valence-corrected chi connectivity index (χ0v) is 22.8. The third kappa shape index (κ3) is 8.12. The number of sulfonamides is 1. The third-order valence-corrected chi connectivity index (χ3v) is 9.65. The number of likely N-dealkylation sites (tertiary alicyclic amines) is 1. The van der Waals surface area contributed by atoms with E-state index >= 15 is 0 Å². The lowest BCUT2D eigenvalue weighted by Gasteiger charge is -2.15. The molecule has 1 fully saturated rings. The Morgan fingerprint density at radius 2 is 1.51 bits per heavy atom. The van der Waals surface area contributed by atoms with Crippen LogP contribution in [-0.4, -0.2) is 61.6 Å². The van der Waals surface area contributed by atoms with Gasteiger partial charge < -0.3 is 10.0 Å². The second-order valence-corrected chi connectivity index (χ2v) is 12.6. The molecule has 2 aliphatic heterocycles. The second-order valence-electron chi connectivity index (χ2n) is 9.48. The Bertz CT molecular complexity index is 1340. The molecule has 0 amide bonds. The van der Waals surface area contributed by atoms with E-state index in [0.717, 1.165) is 49.7 Å². The average molecular weight is 582 g/mol. The van der Waals surface area contributed by atoms with Gasteiger partial charge in [-0.2, -0.15) is 13.2 Å².